The molecule has 0 aliphatic carbocycles. The zero-order chi connectivity index (χ0) is 15.8. The highest BCUT2D eigenvalue weighted by molar-refractivity contribution is 7.80. The van der Waals surface area contributed by atoms with Gasteiger partial charge in [-0.1, -0.05) is 0 Å². The Bertz CT molecular complexity index is 520. The third kappa shape index (κ3) is 4.82. The highest BCUT2D eigenvalue weighted by Crippen LogP contribution is 2.34. The molecule has 0 unspecified atom stereocenters. The van der Waals surface area contributed by atoms with E-state index in [1.807, 2.05) is 0 Å². The average molecular weight is 315 g/mol. The first kappa shape index (κ1) is 17.1. The largest absolute Gasteiger partial charge is 0.493 e. The van der Waals surface area contributed by atoms with Crippen molar-refractivity contribution in [2.75, 3.05) is 26.6 Å². The smallest absolute Gasteiger partial charge is 0.310 e. The van der Waals surface area contributed by atoms with Gasteiger partial charge in [0, 0.05) is 5.56 Å². The Labute approximate surface area is 127 Å². The number of nitro benzene ring substituents is 1. The van der Waals surface area contributed by atoms with Crippen LogP contribution < -0.4 is 9.47 Å². The Morgan fingerprint density at radius 3 is 2.43 bits per heavy atom. The summed E-state index contributed by atoms with van der Waals surface area (Å²) in [6.45, 7) is 0.240. The van der Waals surface area contributed by atoms with E-state index in [4.69, 9.17) is 14.2 Å². The van der Waals surface area contributed by atoms with E-state index in [1.54, 1.807) is 0 Å². The van der Waals surface area contributed by atoms with E-state index >= 15 is 0 Å². The average Bonchev–Trinajstić information content (AvgIpc) is 2.46. The number of hydrogen-bond donors (Lipinski definition) is 1. The minimum absolute atomic E-state index is 0.205. The van der Waals surface area contributed by atoms with Gasteiger partial charge in [-0.25, -0.2) is 0 Å². The molecule has 0 bridgehead atoms. The fourth-order valence-electron chi connectivity index (χ4n) is 1.68. The van der Waals surface area contributed by atoms with E-state index < -0.39 is 10.9 Å². The molecule has 1 aromatic rings. The van der Waals surface area contributed by atoms with Crippen LogP contribution in [0.4, 0.5) is 5.69 Å². The zero-order valence-electron chi connectivity index (χ0n) is 11.8. The number of methoxy groups -OCH3 is 2. The molecule has 0 saturated carbocycles. The molecule has 0 N–H and O–H groups in total. The van der Waals surface area contributed by atoms with Crippen molar-refractivity contribution in [2.24, 2.45) is 0 Å². The third-order valence-electron chi connectivity index (χ3n) is 2.68. The highest BCUT2D eigenvalue weighted by Gasteiger charge is 2.21. The Kier molecular flexibility index (Phi) is 6.80. The summed E-state index contributed by atoms with van der Waals surface area (Å²) in [6, 6.07) is 2.64. The summed E-state index contributed by atoms with van der Waals surface area (Å²) in [5.74, 6) is 0.619. The van der Waals surface area contributed by atoms with E-state index in [0.717, 1.165) is 0 Å². The predicted octanol–water partition coefficient (Wildman–Crippen LogP) is 2.02. The predicted molar refractivity (Wildman–Crippen MR) is 79.3 cm³/mol. The van der Waals surface area contributed by atoms with Crippen molar-refractivity contribution in [3.63, 3.8) is 0 Å². The number of thiol groups is 1. The topological polar surface area (TPSA) is 87.9 Å². The standard InChI is InChI=1S/C13H17NO6S/c1-18-11-6-9(7-13(15)20-4-3-5-21)10(14(16)17)8-12(11)19-2/h6,8,21H,3-5,7H2,1-2H3. The van der Waals surface area contributed by atoms with Crippen LogP contribution in [0.25, 0.3) is 0 Å². The summed E-state index contributed by atoms with van der Waals surface area (Å²) in [4.78, 5) is 22.2. The minimum atomic E-state index is -0.571. The molecule has 0 aromatic heterocycles. The maximum Gasteiger partial charge on any atom is 0.310 e. The SMILES string of the molecule is COc1cc(CC(=O)OCCCS)c([N+](=O)[O-])cc1OC. The number of rotatable bonds is 8. The maximum absolute atomic E-state index is 11.7. The molecule has 7 nitrogen and oxygen atoms in total. The number of benzene rings is 1. The number of ether oxygens (including phenoxy) is 3. The van der Waals surface area contributed by atoms with Crippen molar-refractivity contribution in [1.82, 2.24) is 0 Å². The summed E-state index contributed by atoms with van der Waals surface area (Å²) in [6.07, 6.45) is 0.423. The van der Waals surface area contributed by atoms with Crippen LogP contribution in [0.3, 0.4) is 0 Å². The second-order valence-electron chi connectivity index (χ2n) is 4.07. The molecule has 0 aliphatic rings. The lowest BCUT2D eigenvalue weighted by Gasteiger charge is -2.10. The lowest BCUT2D eigenvalue weighted by atomic mass is 10.1. The van der Waals surface area contributed by atoms with Crippen LogP contribution >= 0.6 is 12.6 Å². The normalized spacial score (nSPS) is 10.0. The number of nitro groups is 1. The molecule has 0 fully saturated rings. The van der Waals surface area contributed by atoms with Crippen molar-refractivity contribution in [3.05, 3.63) is 27.8 Å². The summed E-state index contributed by atoms with van der Waals surface area (Å²) in [7, 11) is 2.80. The Morgan fingerprint density at radius 2 is 1.90 bits per heavy atom. The summed E-state index contributed by atoms with van der Waals surface area (Å²) >= 11 is 4.00. The molecule has 0 atom stereocenters. The minimum Gasteiger partial charge on any atom is -0.493 e. The van der Waals surface area contributed by atoms with E-state index in [9.17, 15) is 14.9 Å². The molecule has 1 rings (SSSR count). The van der Waals surface area contributed by atoms with Gasteiger partial charge in [0.15, 0.2) is 11.5 Å². The van der Waals surface area contributed by atoms with Crippen LogP contribution in [0.1, 0.15) is 12.0 Å². The molecule has 116 valence electrons. The van der Waals surface area contributed by atoms with Gasteiger partial charge in [0.1, 0.15) is 0 Å². The number of nitrogens with zero attached hydrogens (tertiary/aromatic N) is 1. The Hall–Kier alpha value is -1.96. The molecule has 0 radical (unpaired) electrons. The van der Waals surface area contributed by atoms with Gasteiger partial charge in [-0.15, -0.1) is 0 Å². The number of esters is 1. The van der Waals surface area contributed by atoms with Crippen LogP contribution in [0.15, 0.2) is 12.1 Å². The third-order valence-corrected chi connectivity index (χ3v) is 3.00. The number of carbonyl (C=O) groups is 1. The fourth-order valence-corrected chi connectivity index (χ4v) is 1.81. The van der Waals surface area contributed by atoms with Gasteiger partial charge in [0.2, 0.25) is 0 Å². The van der Waals surface area contributed by atoms with Gasteiger partial charge in [0.05, 0.1) is 38.2 Å². The summed E-state index contributed by atoms with van der Waals surface area (Å²) in [5, 5.41) is 11.1. The molecule has 0 saturated heterocycles. The Balaban J connectivity index is 2.98. The van der Waals surface area contributed by atoms with Crippen LogP contribution in [0.2, 0.25) is 0 Å². The van der Waals surface area contributed by atoms with Gasteiger partial charge in [-0.3, -0.25) is 14.9 Å². The van der Waals surface area contributed by atoms with Crippen LogP contribution in [0.5, 0.6) is 11.5 Å². The first-order chi connectivity index (χ1) is 10.0. The molecular weight excluding hydrogens is 298 g/mol. The van der Waals surface area contributed by atoms with Gasteiger partial charge < -0.3 is 14.2 Å². The second-order valence-corrected chi connectivity index (χ2v) is 4.51. The van der Waals surface area contributed by atoms with Crippen molar-refractivity contribution in [3.8, 4) is 11.5 Å². The molecule has 0 amide bonds. The summed E-state index contributed by atoms with van der Waals surface area (Å²) < 4.78 is 15.1. The van der Waals surface area contributed by atoms with Crippen molar-refractivity contribution < 1.29 is 23.9 Å². The molecule has 1 aromatic carbocycles. The Morgan fingerprint density at radius 1 is 1.29 bits per heavy atom. The first-order valence-electron chi connectivity index (χ1n) is 6.19. The monoisotopic (exact) mass is 315 g/mol. The lowest BCUT2D eigenvalue weighted by molar-refractivity contribution is -0.385. The van der Waals surface area contributed by atoms with E-state index in [-0.39, 0.29) is 30.0 Å². The molecule has 0 heterocycles. The lowest BCUT2D eigenvalue weighted by Crippen LogP contribution is -2.11. The van der Waals surface area contributed by atoms with Crippen LogP contribution in [0, 0.1) is 10.1 Å². The van der Waals surface area contributed by atoms with Gasteiger partial charge in [0.25, 0.3) is 5.69 Å². The van der Waals surface area contributed by atoms with Gasteiger partial charge in [-0.05, 0) is 18.2 Å². The molecule has 0 aliphatic heterocycles. The summed E-state index contributed by atoms with van der Waals surface area (Å²) in [5.41, 5.74) is 0.00678. The van der Waals surface area contributed by atoms with Crippen LogP contribution in [-0.2, 0) is 16.0 Å². The molecule has 8 heteroatoms. The van der Waals surface area contributed by atoms with E-state index in [1.165, 1.54) is 26.4 Å². The first-order valence-corrected chi connectivity index (χ1v) is 6.82. The molecule has 0 spiro atoms. The maximum atomic E-state index is 11.7. The molecule has 21 heavy (non-hydrogen) atoms. The van der Waals surface area contributed by atoms with Crippen LogP contribution in [-0.4, -0.2) is 37.5 Å². The number of hydrogen-bond acceptors (Lipinski definition) is 7. The molecular formula is C13H17NO6S. The van der Waals surface area contributed by atoms with E-state index in [2.05, 4.69) is 12.6 Å². The van der Waals surface area contributed by atoms with Gasteiger partial charge >= 0.3 is 5.97 Å². The van der Waals surface area contributed by atoms with Gasteiger partial charge in [-0.2, -0.15) is 12.6 Å². The van der Waals surface area contributed by atoms with E-state index in [0.29, 0.717) is 17.9 Å². The second kappa shape index (κ2) is 8.35. The fraction of sp³-hybridized carbons (Fsp3) is 0.462. The van der Waals surface area contributed by atoms with Crippen molar-refractivity contribution in [2.45, 2.75) is 12.8 Å². The van der Waals surface area contributed by atoms with Crippen molar-refractivity contribution >= 4 is 24.3 Å². The highest BCUT2D eigenvalue weighted by atomic mass is 32.1. The van der Waals surface area contributed by atoms with Crippen molar-refractivity contribution in [1.29, 1.82) is 0 Å². The zero-order valence-corrected chi connectivity index (χ0v) is 12.7. The quantitative estimate of drug-likeness (QED) is 0.260. The number of carbonyl (C=O) groups excluding carboxylic acids is 1.